The zero-order chi connectivity index (χ0) is 14.3. The lowest BCUT2D eigenvalue weighted by Gasteiger charge is -2.18. The van der Waals surface area contributed by atoms with Gasteiger partial charge in [-0.2, -0.15) is 0 Å². The van der Waals surface area contributed by atoms with Crippen molar-refractivity contribution in [1.82, 2.24) is 0 Å². The Kier molecular flexibility index (Phi) is 6.46. The minimum atomic E-state index is -0.666. The quantitative estimate of drug-likeness (QED) is 0.616. The summed E-state index contributed by atoms with van der Waals surface area (Å²) in [6.07, 6.45) is 2.10. The first kappa shape index (κ1) is 15.6. The van der Waals surface area contributed by atoms with Crippen LogP contribution in [0.2, 0.25) is 0 Å². The largest absolute Gasteiger partial charge is 0.490 e. The summed E-state index contributed by atoms with van der Waals surface area (Å²) in [6, 6.07) is 3.10. The molecule has 0 fully saturated rings. The molecule has 0 aliphatic rings. The van der Waals surface area contributed by atoms with E-state index >= 15 is 0 Å². The number of hydrogen-bond acceptors (Lipinski definition) is 1. The highest BCUT2D eigenvalue weighted by atomic mass is 19.1. The first-order valence-electron chi connectivity index (χ1n) is 6.40. The number of halogens is 3. The maximum Gasteiger partial charge on any atom is 0.129 e. The van der Waals surface area contributed by atoms with Crippen LogP contribution in [0.25, 0.3) is 0 Å². The van der Waals surface area contributed by atoms with Gasteiger partial charge >= 0.3 is 0 Å². The average Bonchev–Trinajstić information content (AvgIpc) is 2.34. The van der Waals surface area contributed by atoms with Crippen molar-refractivity contribution in [3.05, 3.63) is 42.0 Å². The van der Waals surface area contributed by atoms with Crippen molar-refractivity contribution in [2.45, 2.75) is 38.7 Å². The lowest BCUT2D eigenvalue weighted by atomic mass is 10.0. The van der Waals surface area contributed by atoms with Crippen molar-refractivity contribution in [3.8, 4) is 5.75 Å². The van der Waals surface area contributed by atoms with Crippen molar-refractivity contribution < 1.29 is 17.9 Å². The molecule has 0 spiro atoms. The molecular formula is C15H19F3O. The van der Waals surface area contributed by atoms with Gasteiger partial charge in [-0.3, -0.25) is 4.39 Å². The molecule has 0 saturated heterocycles. The number of hydrogen-bond donors (Lipinski definition) is 0. The molecule has 1 nitrogen and oxygen atoms in total. The van der Waals surface area contributed by atoms with Gasteiger partial charge in [0.25, 0.3) is 0 Å². The molecule has 0 bridgehead atoms. The Labute approximate surface area is 112 Å². The molecule has 0 saturated carbocycles. The maximum absolute atomic E-state index is 13.0. The van der Waals surface area contributed by atoms with Gasteiger partial charge in [-0.25, -0.2) is 8.78 Å². The molecule has 1 aromatic carbocycles. The Bertz CT molecular complexity index is 398. The molecule has 0 N–H and O–H groups in total. The highest BCUT2D eigenvalue weighted by molar-refractivity contribution is 5.24. The normalized spacial score (nSPS) is 12.2. The van der Waals surface area contributed by atoms with E-state index in [4.69, 9.17) is 4.74 Å². The molecule has 4 heteroatoms. The maximum atomic E-state index is 13.0. The standard InChI is InChI=1S/C15H19F3O/c1-3-14(7-11(2)5-4-6-16)19-15-9-12(17)8-13(18)10-15/h8-10,14H,2-7H2,1H3. The van der Waals surface area contributed by atoms with Crippen LogP contribution in [0.5, 0.6) is 5.75 Å². The fraction of sp³-hybridized carbons (Fsp3) is 0.467. The molecule has 1 unspecified atom stereocenters. The van der Waals surface area contributed by atoms with Crippen LogP contribution in [0.15, 0.2) is 30.4 Å². The van der Waals surface area contributed by atoms with E-state index in [9.17, 15) is 13.2 Å². The fourth-order valence-electron chi connectivity index (χ4n) is 1.80. The summed E-state index contributed by atoms with van der Waals surface area (Å²) in [7, 11) is 0. The van der Waals surface area contributed by atoms with Crippen LogP contribution < -0.4 is 4.74 Å². The second-order valence-corrected chi connectivity index (χ2v) is 4.50. The van der Waals surface area contributed by atoms with Crippen LogP contribution in [0.4, 0.5) is 13.2 Å². The summed E-state index contributed by atoms with van der Waals surface area (Å²) < 4.78 is 43.7. The van der Waals surface area contributed by atoms with E-state index in [1.807, 2.05) is 6.92 Å². The van der Waals surface area contributed by atoms with Crippen LogP contribution in [-0.4, -0.2) is 12.8 Å². The minimum absolute atomic E-state index is 0.169. The van der Waals surface area contributed by atoms with Gasteiger partial charge in [0.15, 0.2) is 0 Å². The Balaban J connectivity index is 2.58. The van der Waals surface area contributed by atoms with Crippen LogP contribution in [0.1, 0.15) is 32.6 Å². The summed E-state index contributed by atoms with van der Waals surface area (Å²) >= 11 is 0. The molecule has 106 valence electrons. The third-order valence-corrected chi connectivity index (χ3v) is 2.77. The molecule has 0 heterocycles. The van der Waals surface area contributed by atoms with E-state index in [0.717, 1.165) is 23.8 Å². The molecular weight excluding hydrogens is 253 g/mol. The predicted molar refractivity (Wildman–Crippen MR) is 70.0 cm³/mol. The summed E-state index contributed by atoms with van der Waals surface area (Å²) in [6.45, 7) is 5.41. The number of alkyl halides is 1. The molecule has 0 amide bonds. The lowest BCUT2D eigenvalue weighted by molar-refractivity contribution is 0.194. The van der Waals surface area contributed by atoms with Crippen molar-refractivity contribution >= 4 is 0 Å². The Morgan fingerprint density at radius 2 is 1.89 bits per heavy atom. The Morgan fingerprint density at radius 3 is 2.42 bits per heavy atom. The SMILES string of the molecule is C=C(CCCF)CC(CC)Oc1cc(F)cc(F)c1. The number of benzene rings is 1. The Morgan fingerprint density at radius 1 is 1.26 bits per heavy atom. The minimum Gasteiger partial charge on any atom is -0.490 e. The van der Waals surface area contributed by atoms with E-state index in [-0.39, 0.29) is 18.5 Å². The monoisotopic (exact) mass is 272 g/mol. The average molecular weight is 272 g/mol. The van der Waals surface area contributed by atoms with Gasteiger partial charge in [0.05, 0.1) is 6.67 Å². The van der Waals surface area contributed by atoms with Gasteiger partial charge < -0.3 is 4.74 Å². The second-order valence-electron chi connectivity index (χ2n) is 4.50. The predicted octanol–water partition coefficient (Wildman–Crippen LogP) is 4.82. The smallest absolute Gasteiger partial charge is 0.129 e. The van der Waals surface area contributed by atoms with E-state index < -0.39 is 11.6 Å². The van der Waals surface area contributed by atoms with Crippen LogP contribution in [0, 0.1) is 11.6 Å². The molecule has 0 radical (unpaired) electrons. The van der Waals surface area contributed by atoms with E-state index in [1.165, 1.54) is 0 Å². The summed E-state index contributed by atoms with van der Waals surface area (Å²) in [5, 5.41) is 0. The fourth-order valence-corrected chi connectivity index (χ4v) is 1.80. The summed E-state index contributed by atoms with van der Waals surface area (Å²) in [5.41, 5.74) is 0.890. The van der Waals surface area contributed by atoms with Gasteiger partial charge in [0.1, 0.15) is 23.5 Å². The zero-order valence-corrected chi connectivity index (χ0v) is 11.1. The molecule has 0 aliphatic heterocycles. The molecule has 1 atom stereocenters. The lowest BCUT2D eigenvalue weighted by Crippen LogP contribution is -2.16. The number of rotatable bonds is 8. The molecule has 1 rings (SSSR count). The summed E-state index contributed by atoms with van der Waals surface area (Å²) in [5.74, 6) is -1.16. The van der Waals surface area contributed by atoms with Gasteiger partial charge in [0.2, 0.25) is 0 Å². The van der Waals surface area contributed by atoms with Crippen LogP contribution in [0.3, 0.4) is 0 Å². The first-order chi connectivity index (χ1) is 9.05. The van der Waals surface area contributed by atoms with Crippen LogP contribution in [-0.2, 0) is 0 Å². The van der Waals surface area contributed by atoms with Crippen LogP contribution >= 0.6 is 0 Å². The van der Waals surface area contributed by atoms with Gasteiger partial charge in [-0.15, -0.1) is 0 Å². The van der Waals surface area contributed by atoms with E-state index in [2.05, 4.69) is 6.58 Å². The van der Waals surface area contributed by atoms with Crippen molar-refractivity contribution in [2.24, 2.45) is 0 Å². The van der Waals surface area contributed by atoms with Gasteiger partial charge in [-0.05, 0) is 19.3 Å². The van der Waals surface area contributed by atoms with Gasteiger partial charge in [0, 0.05) is 24.6 Å². The zero-order valence-electron chi connectivity index (χ0n) is 11.1. The molecule has 0 aromatic heterocycles. The highest BCUT2D eigenvalue weighted by Crippen LogP contribution is 2.21. The van der Waals surface area contributed by atoms with Gasteiger partial charge in [-0.1, -0.05) is 19.1 Å². The van der Waals surface area contributed by atoms with E-state index in [0.29, 0.717) is 25.7 Å². The molecule has 19 heavy (non-hydrogen) atoms. The third-order valence-electron chi connectivity index (χ3n) is 2.77. The second kappa shape index (κ2) is 7.87. The topological polar surface area (TPSA) is 9.23 Å². The Hall–Kier alpha value is -1.45. The highest BCUT2D eigenvalue weighted by Gasteiger charge is 2.11. The van der Waals surface area contributed by atoms with Crippen molar-refractivity contribution in [2.75, 3.05) is 6.67 Å². The van der Waals surface area contributed by atoms with Crippen molar-refractivity contribution in [3.63, 3.8) is 0 Å². The summed E-state index contributed by atoms with van der Waals surface area (Å²) in [4.78, 5) is 0. The van der Waals surface area contributed by atoms with E-state index in [1.54, 1.807) is 0 Å². The van der Waals surface area contributed by atoms with Crippen molar-refractivity contribution in [1.29, 1.82) is 0 Å². The number of ether oxygens (including phenoxy) is 1. The third kappa shape index (κ3) is 5.81. The molecule has 0 aliphatic carbocycles. The first-order valence-corrected chi connectivity index (χ1v) is 6.40. The molecule has 1 aromatic rings.